The first kappa shape index (κ1) is 16.0. The summed E-state index contributed by atoms with van der Waals surface area (Å²) in [6.07, 6.45) is 2.74. The van der Waals surface area contributed by atoms with Crippen LogP contribution in [0.1, 0.15) is 43.1 Å². The second kappa shape index (κ2) is 7.59. The van der Waals surface area contributed by atoms with Gasteiger partial charge >= 0.3 is 0 Å². The molecule has 0 radical (unpaired) electrons. The van der Waals surface area contributed by atoms with E-state index >= 15 is 0 Å². The Morgan fingerprint density at radius 2 is 2.09 bits per heavy atom. The Balaban J connectivity index is 2.28. The fraction of sp³-hybridized carbons (Fsp3) is 0.333. The molecule has 1 N–H and O–H groups in total. The van der Waals surface area contributed by atoms with Crippen LogP contribution in [-0.4, -0.2) is 23.4 Å². The molecule has 0 fully saturated rings. The number of rotatable bonds is 7. The topological polar surface area (TPSA) is 51.2 Å². The summed E-state index contributed by atoms with van der Waals surface area (Å²) in [6.45, 7) is 6.78. The Bertz CT molecular complexity index is 638. The Morgan fingerprint density at radius 1 is 1.27 bits per heavy atom. The number of benzene rings is 1. The molecule has 116 valence electrons. The third kappa shape index (κ3) is 4.07. The monoisotopic (exact) mass is 298 g/mol. The van der Waals surface area contributed by atoms with Gasteiger partial charge in [-0.2, -0.15) is 0 Å². The van der Waals surface area contributed by atoms with Crippen LogP contribution in [-0.2, 0) is 0 Å². The van der Waals surface area contributed by atoms with E-state index in [1.165, 1.54) is 0 Å². The maximum absolute atomic E-state index is 12.7. The van der Waals surface area contributed by atoms with Gasteiger partial charge in [0.2, 0.25) is 0 Å². The van der Waals surface area contributed by atoms with Gasteiger partial charge in [0, 0.05) is 18.3 Å². The summed E-state index contributed by atoms with van der Waals surface area (Å²) >= 11 is 0. The summed E-state index contributed by atoms with van der Waals surface area (Å²) in [5.41, 5.74) is 1.18. The Labute approximate surface area is 131 Å². The van der Waals surface area contributed by atoms with Crippen LogP contribution < -0.4 is 10.1 Å². The summed E-state index contributed by atoms with van der Waals surface area (Å²) in [6, 6.07) is 10.8. The van der Waals surface area contributed by atoms with E-state index in [9.17, 15) is 4.79 Å². The molecule has 4 nitrogen and oxygen atoms in total. The lowest BCUT2D eigenvalue weighted by molar-refractivity contribution is 0.103. The van der Waals surface area contributed by atoms with E-state index in [1.54, 1.807) is 30.5 Å². The Hall–Kier alpha value is -2.36. The first-order chi connectivity index (χ1) is 10.6. The average Bonchev–Trinajstić information content (AvgIpc) is 2.52. The van der Waals surface area contributed by atoms with Crippen molar-refractivity contribution in [2.24, 2.45) is 0 Å². The number of ketones is 1. The van der Waals surface area contributed by atoms with Gasteiger partial charge < -0.3 is 10.1 Å². The van der Waals surface area contributed by atoms with Gasteiger partial charge in [-0.15, -0.1) is 0 Å². The summed E-state index contributed by atoms with van der Waals surface area (Å²) in [7, 11) is 0. The number of hydrogen-bond acceptors (Lipinski definition) is 4. The molecule has 0 unspecified atom stereocenters. The maximum atomic E-state index is 12.7. The van der Waals surface area contributed by atoms with Gasteiger partial charge in [0.1, 0.15) is 11.6 Å². The average molecular weight is 298 g/mol. The molecule has 0 saturated heterocycles. The third-order valence-electron chi connectivity index (χ3n) is 3.06. The second-order valence-corrected chi connectivity index (χ2v) is 5.35. The molecule has 0 aliphatic rings. The van der Waals surface area contributed by atoms with Gasteiger partial charge in [0.15, 0.2) is 5.78 Å². The highest BCUT2D eigenvalue weighted by molar-refractivity contribution is 6.12. The lowest BCUT2D eigenvalue weighted by Crippen LogP contribution is -2.11. The molecule has 0 bridgehead atoms. The van der Waals surface area contributed by atoms with Crippen molar-refractivity contribution in [1.82, 2.24) is 4.98 Å². The minimum absolute atomic E-state index is 0.0547. The molecule has 0 spiro atoms. The predicted molar refractivity (Wildman–Crippen MR) is 88.7 cm³/mol. The Morgan fingerprint density at radius 3 is 2.82 bits per heavy atom. The number of ether oxygens (including phenoxy) is 1. The molecule has 1 heterocycles. The minimum Gasteiger partial charge on any atom is -0.491 e. The van der Waals surface area contributed by atoms with E-state index in [0.717, 1.165) is 13.0 Å². The molecule has 1 aromatic heterocycles. The van der Waals surface area contributed by atoms with Crippen molar-refractivity contribution in [3.05, 3.63) is 53.7 Å². The van der Waals surface area contributed by atoms with E-state index in [2.05, 4.69) is 17.2 Å². The fourth-order valence-corrected chi connectivity index (χ4v) is 2.11. The number of aromatic nitrogens is 1. The number of nitrogens with one attached hydrogen (secondary N) is 1. The van der Waals surface area contributed by atoms with E-state index in [1.807, 2.05) is 26.0 Å². The van der Waals surface area contributed by atoms with Crippen molar-refractivity contribution in [2.75, 3.05) is 11.9 Å². The number of anilines is 1. The first-order valence-electron chi connectivity index (χ1n) is 7.62. The van der Waals surface area contributed by atoms with Gasteiger partial charge in [-0.3, -0.25) is 4.79 Å². The van der Waals surface area contributed by atoms with Crippen LogP contribution in [0.15, 0.2) is 42.6 Å². The number of pyridine rings is 1. The summed E-state index contributed by atoms with van der Waals surface area (Å²) < 4.78 is 5.65. The molecule has 0 amide bonds. The summed E-state index contributed by atoms with van der Waals surface area (Å²) in [5.74, 6) is 1.28. The Kier molecular flexibility index (Phi) is 5.53. The molecule has 0 saturated carbocycles. The summed E-state index contributed by atoms with van der Waals surface area (Å²) in [4.78, 5) is 17.0. The molecular weight excluding hydrogens is 276 g/mol. The van der Waals surface area contributed by atoms with Crippen molar-refractivity contribution in [3.8, 4) is 5.75 Å². The molecule has 4 heteroatoms. The smallest absolute Gasteiger partial charge is 0.196 e. The number of hydrogen-bond donors (Lipinski definition) is 1. The molecule has 2 rings (SSSR count). The van der Waals surface area contributed by atoms with Crippen LogP contribution in [0, 0.1) is 0 Å². The lowest BCUT2D eigenvalue weighted by atomic mass is 10.0. The molecule has 0 aliphatic heterocycles. The van der Waals surface area contributed by atoms with E-state index in [4.69, 9.17) is 4.74 Å². The highest BCUT2D eigenvalue weighted by Crippen LogP contribution is 2.21. The zero-order valence-corrected chi connectivity index (χ0v) is 13.3. The fourth-order valence-electron chi connectivity index (χ4n) is 2.11. The minimum atomic E-state index is -0.0547. The van der Waals surface area contributed by atoms with E-state index in [-0.39, 0.29) is 11.9 Å². The van der Waals surface area contributed by atoms with Crippen LogP contribution in [0.3, 0.4) is 0 Å². The number of carbonyl (C=O) groups is 1. The van der Waals surface area contributed by atoms with Gasteiger partial charge in [0.05, 0.1) is 11.7 Å². The number of carbonyl (C=O) groups excluding carboxylic acids is 1. The van der Waals surface area contributed by atoms with Crippen molar-refractivity contribution < 1.29 is 9.53 Å². The lowest BCUT2D eigenvalue weighted by Gasteiger charge is -2.12. The second-order valence-electron chi connectivity index (χ2n) is 5.35. The van der Waals surface area contributed by atoms with Gasteiger partial charge in [-0.05, 0) is 44.5 Å². The van der Waals surface area contributed by atoms with Gasteiger partial charge in [-0.25, -0.2) is 4.98 Å². The molecule has 0 aliphatic carbocycles. The highest BCUT2D eigenvalue weighted by Gasteiger charge is 2.15. The van der Waals surface area contributed by atoms with Crippen molar-refractivity contribution >= 4 is 11.6 Å². The normalized spacial score (nSPS) is 10.5. The van der Waals surface area contributed by atoms with Crippen LogP contribution in [0.2, 0.25) is 0 Å². The van der Waals surface area contributed by atoms with Crippen LogP contribution in [0.5, 0.6) is 5.75 Å². The first-order valence-corrected chi connectivity index (χ1v) is 7.62. The SMILES string of the molecule is CCCNc1ncccc1C(=O)c1cccc(OC(C)C)c1. The van der Waals surface area contributed by atoms with Crippen molar-refractivity contribution in [1.29, 1.82) is 0 Å². The molecule has 1 aromatic carbocycles. The largest absolute Gasteiger partial charge is 0.491 e. The van der Waals surface area contributed by atoms with Gasteiger partial charge in [-0.1, -0.05) is 19.1 Å². The zero-order valence-electron chi connectivity index (χ0n) is 13.3. The van der Waals surface area contributed by atoms with Crippen molar-refractivity contribution in [3.63, 3.8) is 0 Å². The van der Waals surface area contributed by atoms with Crippen LogP contribution in [0.4, 0.5) is 5.82 Å². The zero-order chi connectivity index (χ0) is 15.9. The quantitative estimate of drug-likeness (QED) is 0.787. The van der Waals surface area contributed by atoms with Crippen LogP contribution >= 0.6 is 0 Å². The van der Waals surface area contributed by atoms with E-state index in [0.29, 0.717) is 22.7 Å². The molecule has 22 heavy (non-hydrogen) atoms. The summed E-state index contributed by atoms with van der Waals surface area (Å²) in [5, 5.41) is 3.20. The number of nitrogens with zero attached hydrogens (tertiary/aromatic N) is 1. The van der Waals surface area contributed by atoms with E-state index < -0.39 is 0 Å². The maximum Gasteiger partial charge on any atom is 0.196 e. The predicted octanol–water partition coefficient (Wildman–Crippen LogP) is 3.92. The van der Waals surface area contributed by atoms with Gasteiger partial charge in [0.25, 0.3) is 0 Å². The third-order valence-corrected chi connectivity index (χ3v) is 3.06. The molecule has 2 aromatic rings. The molecular formula is C18H22N2O2. The van der Waals surface area contributed by atoms with Crippen molar-refractivity contribution in [2.45, 2.75) is 33.3 Å². The molecule has 0 atom stereocenters. The standard InChI is InChI=1S/C18H22N2O2/c1-4-10-19-18-16(9-6-11-20-18)17(21)14-7-5-8-15(12-14)22-13(2)3/h5-9,11-13H,4,10H2,1-3H3,(H,19,20). The highest BCUT2D eigenvalue weighted by atomic mass is 16.5. The van der Waals surface area contributed by atoms with Crippen LogP contribution in [0.25, 0.3) is 0 Å².